The largest absolute Gasteiger partial charge is 0.240 e. The molecule has 0 amide bonds. The molecule has 6 heteroatoms. The van der Waals surface area contributed by atoms with Gasteiger partial charge in [0, 0.05) is 18.1 Å². The minimum atomic E-state index is -3.59. The summed E-state index contributed by atoms with van der Waals surface area (Å²) in [6.45, 7) is 4.12. The maximum absolute atomic E-state index is 12.6. The second-order valence-corrected chi connectivity index (χ2v) is 8.67. The van der Waals surface area contributed by atoms with Gasteiger partial charge in [0.05, 0.1) is 16.1 Å². The van der Waals surface area contributed by atoms with E-state index >= 15 is 0 Å². The monoisotopic (exact) mass is 391 g/mol. The molecule has 142 valence electrons. The Labute approximate surface area is 164 Å². The lowest BCUT2D eigenvalue weighted by Crippen LogP contribution is -2.24. The van der Waals surface area contributed by atoms with Gasteiger partial charge in [-0.3, -0.25) is 0 Å². The van der Waals surface area contributed by atoms with Gasteiger partial charge in [0.15, 0.2) is 0 Å². The van der Waals surface area contributed by atoms with Gasteiger partial charge < -0.3 is 0 Å². The summed E-state index contributed by atoms with van der Waals surface area (Å²) in [4.78, 5) is 0.261. The zero-order valence-electron chi connectivity index (χ0n) is 15.8. The summed E-state index contributed by atoms with van der Waals surface area (Å²) in [5.74, 6) is 0. The molecule has 0 aliphatic heterocycles. The van der Waals surface area contributed by atoms with Crippen molar-refractivity contribution in [3.05, 3.63) is 89.6 Å². The molecule has 4 rings (SSSR count). The summed E-state index contributed by atoms with van der Waals surface area (Å²) in [7, 11) is -3.59. The van der Waals surface area contributed by atoms with Crippen LogP contribution in [0.3, 0.4) is 0 Å². The number of nitrogens with zero attached hydrogens (tertiary/aromatic N) is 2. The van der Waals surface area contributed by atoms with Crippen LogP contribution < -0.4 is 4.72 Å². The van der Waals surface area contributed by atoms with Crippen molar-refractivity contribution in [3.63, 3.8) is 0 Å². The lowest BCUT2D eigenvalue weighted by Gasteiger charge is -2.12. The molecule has 28 heavy (non-hydrogen) atoms. The Hall–Kier alpha value is -2.96. The maximum atomic E-state index is 12.6. The van der Waals surface area contributed by atoms with E-state index in [0.29, 0.717) is 0 Å². The second kappa shape index (κ2) is 7.22. The molecule has 5 nitrogen and oxygen atoms in total. The number of aromatic nitrogens is 2. The van der Waals surface area contributed by atoms with Crippen LogP contribution >= 0.6 is 0 Å². The van der Waals surface area contributed by atoms with Crippen LogP contribution in [0.2, 0.25) is 0 Å². The van der Waals surface area contributed by atoms with E-state index in [2.05, 4.69) is 9.82 Å². The third kappa shape index (κ3) is 3.69. The third-order valence-electron chi connectivity index (χ3n) is 4.69. The van der Waals surface area contributed by atoms with E-state index in [-0.39, 0.29) is 11.4 Å². The van der Waals surface area contributed by atoms with Crippen molar-refractivity contribution in [1.82, 2.24) is 14.5 Å². The Bertz CT molecular complexity index is 1210. The Morgan fingerprint density at radius 3 is 2.39 bits per heavy atom. The quantitative estimate of drug-likeness (QED) is 0.557. The predicted molar refractivity (Wildman–Crippen MR) is 111 cm³/mol. The average Bonchev–Trinajstić information content (AvgIpc) is 3.11. The average molecular weight is 391 g/mol. The molecular weight excluding hydrogens is 370 g/mol. The standard InChI is InChI=1S/C22H21N3O2S/c1-16-8-11-20(12-9-16)28(26,27)23-14-18-10-7-17(2)13-22(18)25-15-19-5-3-4-6-21(19)24-25/h3-13,15,23H,14H2,1-2H3. The molecule has 0 atom stereocenters. The van der Waals surface area contributed by atoms with Gasteiger partial charge in [-0.15, -0.1) is 0 Å². The molecule has 1 N–H and O–H groups in total. The molecule has 0 unspecified atom stereocenters. The van der Waals surface area contributed by atoms with Crippen molar-refractivity contribution in [1.29, 1.82) is 0 Å². The van der Waals surface area contributed by atoms with Crippen LogP contribution in [-0.2, 0) is 16.6 Å². The molecule has 0 saturated carbocycles. The van der Waals surface area contributed by atoms with Crippen molar-refractivity contribution in [2.45, 2.75) is 25.3 Å². The molecule has 1 aromatic heterocycles. The summed E-state index contributed by atoms with van der Waals surface area (Å²) in [6.07, 6.45) is 1.96. The Balaban J connectivity index is 1.66. The SMILES string of the molecule is Cc1ccc(S(=O)(=O)NCc2ccc(C)cc2-n2cc3ccccc3n2)cc1. The number of hydrogen-bond acceptors (Lipinski definition) is 3. The van der Waals surface area contributed by atoms with Gasteiger partial charge in [0.2, 0.25) is 10.0 Å². The van der Waals surface area contributed by atoms with E-state index in [9.17, 15) is 8.42 Å². The third-order valence-corrected chi connectivity index (χ3v) is 6.10. The first-order valence-electron chi connectivity index (χ1n) is 9.03. The van der Waals surface area contributed by atoms with Crippen LogP contribution in [0, 0.1) is 13.8 Å². The lowest BCUT2D eigenvalue weighted by atomic mass is 10.1. The van der Waals surface area contributed by atoms with E-state index in [4.69, 9.17) is 0 Å². The van der Waals surface area contributed by atoms with E-state index in [0.717, 1.165) is 33.3 Å². The van der Waals surface area contributed by atoms with Gasteiger partial charge >= 0.3 is 0 Å². The minimum Gasteiger partial charge on any atom is -0.239 e. The summed E-state index contributed by atoms with van der Waals surface area (Å²) >= 11 is 0. The summed E-state index contributed by atoms with van der Waals surface area (Å²) in [6, 6.07) is 20.6. The van der Waals surface area contributed by atoms with Gasteiger partial charge in [-0.25, -0.2) is 17.8 Å². The smallest absolute Gasteiger partial charge is 0.239 e. The van der Waals surface area contributed by atoms with Gasteiger partial charge in [-0.2, -0.15) is 5.10 Å². The lowest BCUT2D eigenvalue weighted by molar-refractivity contribution is 0.581. The molecule has 0 aliphatic carbocycles. The van der Waals surface area contributed by atoms with Gasteiger partial charge in [-0.05, 0) is 49.2 Å². The van der Waals surface area contributed by atoms with Crippen LogP contribution in [0.1, 0.15) is 16.7 Å². The highest BCUT2D eigenvalue weighted by atomic mass is 32.2. The highest BCUT2D eigenvalue weighted by Crippen LogP contribution is 2.21. The first-order chi connectivity index (χ1) is 13.4. The summed E-state index contributed by atoms with van der Waals surface area (Å²) in [5.41, 5.74) is 4.72. The molecule has 3 aromatic carbocycles. The van der Waals surface area contributed by atoms with Gasteiger partial charge in [-0.1, -0.05) is 48.0 Å². The van der Waals surface area contributed by atoms with Crippen molar-refractivity contribution < 1.29 is 8.42 Å². The van der Waals surface area contributed by atoms with Crippen LogP contribution in [0.4, 0.5) is 0 Å². The fraction of sp³-hybridized carbons (Fsp3) is 0.136. The number of fused-ring (bicyclic) bond motifs is 1. The molecule has 0 radical (unpaired) electrons. The fourth-order valence-corrected chi connectivity index (χ4v) is 4.10. The molecule has 4 aromatic rings. The van der Waals surface area contributed by atoms with Crippen LogP contribution in [0.5, 0.6) is 0 Å². The Morgan fingerprint density at radius 2 is 1.64 bits per heavy atom. The van der Waals surface area contributed by atoms with E-state index in [1.807, 2.05) is 67.2 Å². The number of sulfonamides is 1. The van der Waals surface area contributed by atoms with Crippen molar-refractivity contribution in [3.8, 4) is 5.69 Å². The molecular formula is C22H21N3O2S. The van der Waals surface area contributed by atoms with Crippen molar-refractivity contribution >= 4 is 20.9 Å². The normalized spacial score (nSPS) is 11.8. The fourth-order valence-electron chi connectivity index (χ4n) is 3.10. The topological polar surface area (TPSA) is 64.0 Å². The number of aryl methyl sites for hydroxylation is 2. The maximum Gasteiger partial charge on any atom is 0.240 e. The van der Waals surface area contributed by atoms with Crippen molar-refractivity contribution in [2.75, 3.05) is 0 Å². The Kier molecular flexibility index (Phi) is 4.75. The Morgan fingerprint density at radius 1 is 0.929 bits per heavy atom. The molecule has 0 aliphatic rings. The molecule has 0 bridgehead atoms. The highest BCUT2D eigenvalue weighted by molar-refractivity contribution is 7.89. The van der Waals surface area contributed by atoms with Crippen LogP contribution in [0.25, 0.3) is 16.6 Å². The second-order valence-electron chi connectivity index (χ2n) is 6.90. The zero-order valence-corrected chi connectivity index (χ0v) is 16.6. The highest BCUT2D eigenvalue weighted by Gasteiger charge is 2.15. The molecule has 0 saturated heterocycles. The van der Waals surface area contributed by atoms with Gasteiger partial charge in [0.1, 0.15) is 0 Å². The molecule has 1 heterocycles. The summed E-state index contributed by atoms with van der Waals surface area (Å²) < 4.78 is 29.8. The first kappa shape index (κ1) is 18.4. The molecule has 0 fully saturated rings. The van der Waals surface area contributed by atoms with E-state index in [1.54, 1.807) is 24.3 Å². The number of hydrogen-bond donors (Lipinski definition) is 1. The molecule has 0 spiro atoms. The van der Waals surface area contributed by atoms with Crippen molar-refractivity contribution in [2.24, 2.45) is 0 Å². The minimum absolute atomic E-state index is 0.183. The van der Waals surface area contributed by atoms with E-state index in [1.165, 1.54) is 0 Å². The number of nitrogens with one attached hydrogen (secondary N) is 1. The van der Waals surface area contributed by atoms with Crippen LogP contribution in [-0.4, -0.2) is 18.2 Å². The number of benzene rings is 3. The first-order valence-corrected chi connectivity index (χ1v) is 10.5. The predicted octanol–water partition coefficient (Wildman–Crippen LogP) is 4.12. The van der Waals surface area contributed by atoms with E-state index < -0.39 is 10.0 Å². The zero-order chi connectivity index (χ0) is 19.7. The summed E-state index contributed by atoms with van der Waals surface area (Å²) in [5, 5.41) is 5.67. The number of rotatable bonds is 5. The van der Waals surface area contributed by atoms with Crippen LogP contribution in [0.15, 0.2) is 77.8 Å². The van der Waals surface area contributed by atoms with Gasteiger partial charge in [0.25, 0.3) is 0 Å².